The van der Waals surface area contributed by atoms with Gasteiger partial charge in [0.2, 0.25) is 10.0 Å². The van der Waals surface area contributed by atoms with Crippen LogP contribution in [0.1, 0.15) is 34.6 Å². The van der Waals surface area contributed by atoms with Gasteiger partial charge in [0, 0.05) is 38.4 Å². The van der Waals surface area contributed by atoms with Gasteiger partial charge in [-0.1, -0.05) is 11.6 Å². The molecule has 2 aromatic rings. The van der Waals surface area contributed by atoms with Crippen LogP contribution in [0.3, 0.4) is 0 Å². The van der Waals surface area contributed by atoms with Crippen molar-refractivity contribution in [1.82, 2.24) is 9.21 Å². The lowest BCUT2D eigenvalue weighted by molar-refractivity contribution is 0.0773. The van der Waals surface area contributed by atoms with Gasteiger partial charge in [-0.15, -0.1) is 0 Å². The normalized spacial score (nSPS) is 11.4. The van der Waals surface area contributed by atoms with E-state index in [1.807, 2.05) is 13.8 Å². The molecule has 0 saturated heterocycles. The number of hydrogen-bond acceptors (Lipinski definition) is 4. The van der Waals surface area contributed by atoms with Crippen LogP contribution in [0.2, 0.25) is 5.02 Å². The van der Waals surface area contributed by atoms with Crippen LogP contribution in [-0.2, 0) is 10.0 Å². The quantitative estimate of drug-likeness (QED) is 0.719. The minimum atomic E-state index is -3.70. The van der Waals surface area contributed by atoms with Gasteiger partial charge in [-0.3, -0.25) is 9.59 Å². The van der Waals surface area contributed by atoms with Gasteiger partial charge in [0.25, 0.3) is 11.8 Å². The van der Waals surface area contributed by atoms with Gasteiger partial charge in [-0.05, 0) is 56.3 Å². The second kappa shape index (κ2) is 9.39. The van der Waals surface area contributed by atoms with Crippen LogP contribution in [-0.4, -0.2) is 56.6 Å². The molecule has 0 spiro atoms. The summed E-state index contributed by atoms with van der Waals surface area (Å²) in [4.78, 5) is 26.6. The van der Waals surface area contributed by atoms with Gasteiger partial charge in [-0.2, -0.15) is 0 Å². The molecule has 9 heteroatoms. The molecule has 0 saturated carbocycles. The van der Waals surface area contributed by atoms with Crippen LogP contribution in [0.15, 0.2) is 47.4 Å². The van der Waals surface area contributed by atoms with E-state index in [1.54, 1.807) is 29.2 Å². The SMILES string of the molecule is CCN(CC)C(=O)c1ccc(NC(=O)c2cc(S(=O)(=O)N(C)C)ccc2Cl)cc1. The highest BCUT2D eigenvalue weighted by molar-refractivity contribution is 7.89. The molecule has 7 nitrogen and oxygen atoms in total. The predicted octanol–water partition coefficient (Wildman–Crippen LogP) is 3.32. The summed E-state index contributed by atoms with van der Waals surface area (Å²) in [6, 6.07) is 10.5. The number of amides is 2. The van der Waals surface area contributed by atoms with Crippen molar-refractivity contribution in [3.63, 3.8) is 0 Å². The zero-order valence-electron chi connectivity index (χ0n) is 16.8. The van der Waals surface area contributed by atoms with Crippen LogP contribution in [0.5, 0.6) is 0 Å². The fourth-order valence-corrected chi connectivity index (χ4v) is 3.77. The molecule has 29 heavy (non-hydrogen) atoms. The third kappa shape index (κ3) is 5.14. The second-order valence-electron chi connectivity index (χ2n) is 6.44. The first-order valence-electron chi connectivity index (χ1n) is 9.04. The Morgan fingerprint density at radius 2 is 1.59 bits per heavy atom. The molecule has 0 fully saturated rings. The summed E-state index contributed by atoms with van der Waals surface area (Å²) in [5, 5.41) is 2.81. The second-order valence-corrected chi connectivity index (χ2v) is 9.00. The smallest absolute Gasteiger partial charge is 0.257 e. The topological polar surface area (TPSA) is 86.8 Å². The van der Waals surface area contributed by atoms with E-state index in [1.165, 1.54) is 32.3 Å². The highest BCUT2D eigenvalue weighted by Crippen LogP contribution is 2.23. The largest absolute Gasteiger partial charge is 0.339 e. The first kappa shape index (κ1) is 22.9. The fourth-order valence-electron chi connectivity index (χ4n) is 2.64. The number of hydrogen-bond donors (Lipinski definition) is 1. The molecule has 0 bridgehead atoms. The van der Waals surface area contributed by atoms with Crippen LogP contribution < -0.4 is 5.32 Å². The first-order chi connectivity index (χ1) is 13.6. The van der Waals surface area contributed by atoms with Crippen LogP contribution in [0.4, 0.5) is 5.69 Å². The summed E-state index contributed by atoms with van der Waals surface area (Å²) in [7, 11) is -0.883. The summed E-state index contributed by atoms with van der Waals surface area (Å²) >= 11 is 6.10. The number of carbonyl (C=O) groups excluding carboxylic acids is 2. The van der Waals surface area contributed by atoms with E-state index in [-0.39, 0.29) is 21.4 Å². The Bertz CT molecular complexity index is 1000. The van der Waals surface area contributed by atoms with Crippen molar-refractivity contribution in [3.05, 3.63) is 58.6 Å². The summed E-state index contributed by atoms with van der Waals surface area (Å²) in [6.07, 6.45) is 0. The summed E-state index contributed by atoms with van der Waals surface area (Å²) in [5.74, 6) is -0.633. The van der Waals surface area contributed by atoms with Crippen molar-refractivity contribution < 1.29 is 18.0 Å². The van der Waals surface area contributed by atoms with Crippen molar-refractivity contribution in [3.8, 4) is 0 Å². The monoisotopic (exact) mass is 437 g/mol. The maximum absolute atomic E-state index is 12.6. The summed E-state index contributed by atoms with van der Waals surface area (Å²) in [6.45, 7) is 5.03. The average molecular weight is 438 g/mol. The molecule has 0 aliphatic carbocycles. The molecule has 0 unspecified atom stereocenters. The molecule has 0 heterocycles. The van der Waals surface area contributed by atoms with E-state index in [2.05, 4.69) is 5.32 Å². The minimum absolute atomic E-state index is 0.0304. The standard InChI is InChI=1S/C20H24ClN3O4S/c1-5-24(6-2)20(26)14-7-9-15(10-8-14)22-19(25)17-13-16(11-12-18(17)21)29(27,28)23(3)4/h7-13H,5-6H2,1-4H3,(H,22,25). The fraction of sp³-hybridized carbons (Fsp3) is 0.300. The third-order valence-electron chi connectivity index (χ3n) is 4.40. The Labute approximate surface area is 176 Å². The van der Waals surface area contributed by atoms with Crippen molar-refractivity contribution >= 4 is 39.1 Å². The molecule has 156 valence electrons. The summed E-state index contributed by atoms with van der Waals surface area (Å²) < 4.78 is 25.7. The van der Waals surface area contributed by atoms with Crippen molar-refractivity contribution in [2.45, 2.75) is 18.7 Å². The Morgan fingerprint density at radius 1 is 1.00 bits per heavy atom. The molecular weight excluding hydrogens is 414 g/mol. The number of nitrogens with zero attached hydrogens (tertiary/aromatic N) is 2. The van der Waals surface area contributed by atoms with Gasteiger partial charge < -0.3 is 10.2 Å². The molecule has 0 aromatic heterocycles. The Kier molecular flexibility index (Phi) is 7.40. The van der Waals surface area contributed by atoms with Crippen LogP contribution in [0, 0.1) is 0 Å². The van der Waals surface area contributed by atoms with Gasteiger partial charge in [0.05, 0.1) is 15.5 Å². The maximum atomic E-state index is 12.6. The number of halogens is 1. The lowest BCUT2D eigenvalue weighted by Gasteiger charge is -2.18. The minimum Gasteiger partial charge on any atom is -0.339 e. The van der Waals surface area contributed by atoms with E-state index >= 15 is 0 Å². The predicted molar refractivity (Wildman–Crippen MR) is 114 cm³/mol. The van der Waals surface area contributed by atoms with E-state index in [4.69, 9.17) is 11.6 Å². The number of anilines is 1. The molecule has 1 N–H and O–H groups in total. The molecule has 0 aliphatic rings. The first-order valence-corrected chi connectivity index (χ1v) is 10.9. The molecule has 0 aliphatic heterocycles. The zero-order chi connectivity index (χ0) is 21.8. The zero-order valence-corrected chi connectivity index (χ0v) is 18.3. The van der Waals surface area contributed by atoms with E-state index < -0.39 is 15.9 Å². The number of rotatable bonds is 7. The van der Waals surface area contributed by atoms with Gasteiger partial charge in [0.1, 0.15) is 0 Å². The van der Waals surface area contributed by atoms with Crippen molar-refractivity contribution in [2.75, 3.05) is 32.5 Å². The number of sulfonamides is 1. The van der Waals surface area contributed by atoms with Gasteiger partial charge in [-0.25, -0.2) is 12.7 Å². The molecular formula is C20H24ClN3O4S. The van der Waals surface area contributed by atoms with E-state index in [9.17, 15) is 18.0 Å². The van der Waals surface area contributed by atoms with E-state index in [0.29, 0.717) is 24.3 Å². The van der Waals surface area contributed by atoms with Crippen molar-refractivity contribution in [2.24, 2.45) is 0 Å². The van der Waals surface area contributed by atoms with Crippen LogP contribution in [0.25, 0.3) is 0 Å². The summed E-state index contributed by atoms with van der Waals surface area (Å²) in [5.41, 5.74) is 1.02. The van der Waals surface area contributed by atoms with Gasteiger partial charge >= 0.3 is 0 Å². The molecule has 0 atom stereocenters. The molecule has 2 amide bonds. The molecule has 0 radical (unpaired) electrons. The Hall–Kier alpha value is -2.42. The maximum Gasteiger partial charge on any atom is 0.257 e. The Morgan fingerprint density at radius 3 is 2.10 bits per heavy atom. The highest BCUT2D eigenvalue weighted by atomic mass is 35.5. The lowest BCUT2D eigenvalue weighted by Crippen LogP contribution is -2.30. The molecule has 2 aromatic carbocycles. The number of nitrogens with one attached hydrogen (secondary N) is 1. The average Bonchev–Trinajstić information content (AvgIpc) is 2.69. The van der Waals surface area contributed by atoms with Crippen molar-refractivity contribution in [1.29, 1.82) is 0 Å². The number of carbonyl (C=O) groups is 2. The van der Waals surface area contributed by atoms with Gasteiger partial charge in [0.15, 0.2) is 0 Å². The Balaban J connectivity index is 2.24. The molecule has 2 rings (SSSR count). The third-order valence-corrected chi connectivity index (χ3v) is 6.54. The highest BCUT2D eigenvalue weighted by Gasteiger charge is 2.21. The van der Waals surface area contributed by atoms with Crippen LogP contribution >= 0.6 is 11.6 Å². The number of benzene rings is 2. The van der Waals surface area contributed by atoms with E-state index in [0.717, 1.165) is 4.31 Å². The lowest BCUT2D eigenvalue weighted by atomic mass is 10.1.